The van der Waals surface area contributed by atoms with E-state index in [1.807, 2.05) is 20.8 Å². The molecule has 6 nitrogen and oxygen atoms in total. The van der Waals surface area contributed by atoms with E-state index < -0.39 is 52.4 Å². The molecule has 4 saturated carbocycles. The van der Waals surface area contributed by atoms with E-state index in [1.54, 1.807) is 0 Å². The lowest BCUT2D eigenvalue weighted by molar-refractivity contribution is -0.240. The van der Waals surface area contributed by atoms with E-state index in [2.05, 4.69) is 6.58 Å². The van der Waals surface area contributed by atoms with Crippen molar-refractivity contribution >= 4 is 17.5 Å². The molecule has 0 aromatic heterocycles. The maximum Gasteiger partial charge on any atom is 0.302 e. The minimum atomic E-state index is -0.970. The lowest BCUT2D eigenvalue weighted by Crippen LogP contribution is -2.71. The number of fused-ring (bicyclic) bond motifs is 3. The third kappa shape index (κ3) is 2.19. The van der Waals surface area contributed by atoms with Crippen LogP contribution in [0.3, 0.4) is 0 Å². The van der Waals surface area contributed by atoms with Gasteiger partial charge in [-0.1, -0.05) is 27.4 Å². The van der Waals surface area contributed by atoms with Gasteiger partial charge >= 0.3 is 5.97 Å². The molecule has 4 rings (SSSR count). The van der Waals surface area contributed by atoms with Crippen molar-refractivity contribution in [1.82, 2.24) is 0 Å². The van der Waals surface area contributed by atoms with E-state index in [4.69, 9.17) is 4.74 Å². The molecule has 0 radical (unpaired) electrons. The zero-order chi connectivity index (χ0) is 20.8. The first-order chi connectivity index (χ1) is 12.9. The molecule has 0 heterocycles. The maximum absolute atomic E-state index is 13.4. The van der Waals surface area contributed by atoms with Gasteiger partial charge in [-0.15, -0.1) is 0 Å². The molecule has 0 aromatic rings. The van der Waals surface area contributed by atoms with Gasteiger partial charge in [-0.2, -0.15) is 0 Å². The molecule has 8 unspecified atom stereocenters. The number of ketones is 2. The minimum Gasteiger partial charge on any atom is -0.462 e. The summed E-state index contributed by atoms with van der Waals surface area (Å²) < 4.78 is 5.71. The molecule has 2 N–H and O–H groups in total. The van der Waals surface area contributed by atoms with Crippen LogP contribution in [0.25, 0.3) is 0 Å². The van der Waals surface area contributed by atoms with Gasteiger partial charge in [0.2, 0.25) is 0 Å². The number of allylic oxidation sites excluding steroid dienone is 1. The molecule has 0 aliphatic heterocycles. The third-order valence-corrected chi connectivity index (χ3v) is 8.52. The standard InChI is InChI=1S/C22H30O6/c1-10-12-6-14(28-11(2)23)18-21(5)16(26)7-15(25)20(3,4)17(21)13(24)9-22(18,8-12)19(10)27/h12,14-18,25-26H,1,6-9H2,2-5H3. The van der Waals surface area contributed by atoms with E-state index in [0.29, 0.717) is 18.4 Å². The minimum absolute atomic E-state index is 0.0624. The van der Waals surface area contributed by atoms with Gasteiger partial charge in [-0.05, 0) is 24.3 Å². The van der Waals surface area contributed by atoms with Crippen LogP contribution in [0.2, 0.25) is 0 Å². The number of hydrogen-bond acceptors (Lipinski definition) is 6. The summed E-state index contributed by atoms with van der Waals surface area (Å²) in [4.78, 5) is 38.7. The second-order valence-corrected chi connectivity index (χ2v) is 10.3. The summed E-state index contributed by atoms with van der Waals surface area (Å²) in [6, 6.07) is 0. The van der Waals surface area contributed by atoms with Gasteiger partial charge in [0.15, 0.2) is 5.78 Å². The molecule has 28 heavy (non-hydrogen) atoms. The van der Waals surface area contributed by atoms with Gasteiger partial charge in [0.25, 0.3) is 0 Å². The van der Waals surface area contributed by atoms with Crippen molar-refractivity contribution in [1.29, 1.82) is 0 Å². The fourth-order valence-electron chi connectivity index (χ4n) is 7.53. The maximum atomic E-state index is 13.4. The molecule has 154 valence electrons. The van der Waals surface area contributed by atoms with Gasteiger partial charge in [0, 0.05) is 47.8 Å². The van der Waals surface area contributed by atoms with Crippen LogP contribution in [0.5, 0.6) is 0 Å². The molecule has 8 atom stereocenters. The van der Waals surface area contributed by atoms with Gasteiger partial charge in [0.05, 0.1) is 12.2 Å². The number of hydrogen-bond donors (Lipinski definition) is 2. The van der Waals surface area contributed by atoms with Gasteiger partial charge in [-0.3, -0.25) is 14.4 Å². The second-order valence-electron chi connectivity index (χ2n) is 10.3. The summed E-state index contributed by atoms with van der Waals surface area (Å²) >= 11 is 0. The van der Waals surface area contributed by atoms with Crippen molar-refractivity contribution in [3.05, 3.63) is 12.2 Å². The Kier molecular flexibility index (Phi) is 4.07. The SMILES string of the molecule is C=C1C(=O)C23CC(=O)C4C(C)(C)C(O)CC(O)C4(C)C2C(OC(C)=O)CC1C3. The summed E-state index contributed by atoms with van der Waals surface area (Å²) in [7, 11) is 0. The van der Waals surface area contributed by atoms with Crippen LogP contribution in [0, 0.1) is 34.0 Å². The fraction of sp³-hybridized carbons (Fsp3) is 0.773. The van der Waals surface area contributed by atoms with Crippen molar-refractivity contribution < 1.29 is 29.3 Å². The number of esters is 1. The van der Waals surface area contributed by atoms with Crippen molar-refractivity contribution in [3.8, 4) is 0 Å². The Morgan fingerprint density at radius 2 is 1.79 bits per heavy atom. The normalized spacial score (nSPS) is 49.4. The number of aliphatic hydroxyl groups excluding tert-OH is 2. The smallest absolute Gasteiger partial charge is 0.302 e. The molecule has 4 aliphatic rings. The van der Waals surface area contributed by atoms with Gasteiger partial charge < -0.3 is 14.9 Å². The molecule has 0 aromatic carbocycles. The largest absolute Gasteiger partial charge is 0.462 e. The lowest BCUT2D eigenvalue weighted by Gasteiger charge is -2.65. The Labute approximate surface area is 165 Å². The van der Waals surface area contributed by atoms with Crippen LogP contribution in [-0.2, 0) is 19.1 Å². The van der Waals surface area contributed by atoms with Crippen LogP contribution >= 0.6 is 0 Å². The highest BCUT2D eigenvalue weighted by Gasteiger charge is 2.74. The van der Waals surface area contributed by atoms with E-state index in [-0.39, 0.29) is 30.3 Å². The first-order valence-electron chi connectivity index (χ1n) is 10.2. The molecule has 1 spiro atoms. The van der Waals surface area contributed by atoms with Crippen molar-refractivity contribution in [2.75, 3.05) is 0 Å². The van der Waals surface area contributed by atoms with E-state index >= 15 is 0 Å². The molecular formula is C22H30O6. The van der Waals surface area contributed by atoms with E-state index in [0.717, 1.165) is 0 Å². The topological polar surface area (TPSA) is 101 Å². The number of carbonyl (C=O) groups is 3. The molecule has 2 bridgehead atoms. The molecular weight excluding hydrogens is 360 g/mol. The highest BCUT2D eigenvalue weighted by molar-refractivity contribution is 6.06. The predicted molar refractivity (Wildman–Crippen MR) is 100.0 cm³/mol. The Morgan fingerprint density at radius 3 is 2.39 bits per heavy atom. The fourth-order valence-corrected chi connectivity index (χ4v) is 7.53. The summed E-state index contributed by atoms with van der Waals surface area (Å²) in [5.41, 5.74) is -2.17. The van der Waals surface area contributed by atoms with Crippen molar-refractivity contribution in [3.63, 3.8) is 0 Å². The monoisotopic (exact) mass is 390 g/mol. The van der Waals surface area contributed by atoms with Crippen LogP contribution in [-0.4, -0.2) is 46.1 Å². The zero-order valence-electron chi connectivity index (χ0n) is 17.0. The van der Waals surface area contributed by atoms with Crippen molar-refractivity contribution in [2.24, 2.45) is 34.0 Å². The number of rotatable bonds is 1. The zero-order valence-corrected chi connectivity index (χ0v) is 17.0. The summed E-state index contributed by atoms with van der Waals surface area (Å²) in [6.45, 7) is 10.9. The first kappa shape index (κ1) is 19.8. The van der Waals surface area contributed by atoms with E-state index in [9.17, 15) is 24.6 Å². The summed E-state index contributed by atoms with van der Waals surface area (Å²) in [6.07, 6.45) is -1.14. The quantitative estimate of drug-likeness (QED) is 0.523. The molecule has 4 fully saturated rings. The Morgan fingerprint density at radius 1 is 1.14 bits per heavy atom. The summed E-state index contributed by atoms with van der Waals surface area (Å²) in [5.74, 6) is -1.82. The van der Waals surface area contributed by atoms with Crippen LogP contribution in [0.4, 0.5) is 0 Å². The Bertz CT molecular complexity index is 784. The van der Waals surface area contributed by atoms with Crippen LogP contribution in [0.1, 0.15) is 53.4 Å². The second kappa shape index (κ2) is 5.76. The first-order valence-corrected chi connectivity index (χ1v) is 10.2. The van der Waals surface area contributed by atoms with E-state index in [1.165, 1.54) is 6.92 Å². The highest BCUT2D eigenvalue weighted by atomic mass is 16.5. The average Bonchev–Trinajstić information content (AvgIpc) is 2.73. The lowest BCUT2D eigenvalue weighted by atomic mass is 9.39. The molecule has 6 heteroatoms. The Balaban J connectivity index is 1.93. The average molecular weight is 390 g/mol. The van der Waals surface area contributed by atoms with Gasteiger partial charge in [-0.25, -0.2) is 0 Å². The third-order valence-electron chi connectivity index (χ3n) is 8.52. The number of aliphatic hydroxyl groups is 2. The van der Waals surface area contributed by atoms with Gasteiger partial charge in [0.1, 0.15) is 11.9 Å². The molecule has 4 aliphatic carbocycles. The molecule has 0 amide bonds. The highest BCUT2D eigenvalue weighted by Crippen LogP contribution is 2.70. The Hall–Kier alpha value is -1.53. The predicted octanol–water partition coefficient (Wildman–Crippen LogP) is 1.82. The van der Waals surface area contributed by atoms with Crippen LogP contribution in [0.15, 0.2) is 12.2 Å². The molecule has 0 saturated heterocycles. The number of Topliss-reactive ketones (excluding diaryl/α,β-unsaturated/α-hetero) is 2. The summed E-state index contributed by atoms with van der Waals surface area (Å²) in [5, 5.41) is 21.8. The van der Waals surface area contributed by atoms with Crippen molar-refractivity contribution in [2.45, 2.75) is 71.7 Å². The number of ether oxygens (including phenoxy) is 1. The number of carbonyl (C=O) groups excluding carboxylic acids is 3. The van der Waals surface area contributed by atoms with Crippen LogP contribution < -0.4 is 0 Å².